The van der Waals surface area contributed by atoms with Crippen LogP contribution in [0.5, 0.6) is 0 Å². The number of hydrogen-bond acceptors (Lipinski definition) is 8. The van der Waals surface area contributed by atoms with Crippen LogP contribution in [0, 0.1) is 11.3 Å². The molecule has 4 aromatic heterocycles. The second kappa shape index (κ2) is 9.59. The van der Waals surface area contributed by atoms with Gasteiger partial charge >= 0.3 is 0 Å². The van der Waals surface area contributed by atoms with Crippen LogP contribution < -0.4 is 5.32 Å². The van der Waals surface area contributed by atoms with Crippen molar-refractivity contribution in [3.63, 3.8) is 0 Å². The van der Waals surface area contributed by atoms with Gasteiger partial charge in [-0.15, -0.1) is 0 Å². The van der Waals surface area contributed by atoms with Crippen molar-refractivity contribution in [1.29, 1.82) is 5.26 Å². The van der Waals surface area contributed by atoms with Gasteiger partial charge < -0.3 is 5.32 Å². The first-order chi connectivity index (χ1) is 17.5. The summed E-state index contributed by atoms with van der Waals surface area (Å²) in [6.07, 6.45) is 7.44. The Morgan fingerprint density at radius 1 is 1.11 bits per heavy atom. The number of rotatable bonds is 8. The van der Waals surface area contributed by atoms with Crippen molar-refractivity contribution < 1.29 is 8.42 Å². The lowest BCUT2D eigenvalue weighted by Crippen LogP contribution is -2.12. The fourth-order valence-electron chi connectivity index (χ4n) is 3.84. The highest BCUT2D eigenvalue weighted by molar-refractivity contribution is 7.90. The first kappa shape index (κ1) is 23.2. The van der Waals surface area contributed by atoms with Gasteiger partial charge in [-0.1, -0.05) is 25.1 Å². The van der Waals surface area contributed by atoms with E-state index in [-0.39, 0.29) is 11.4 Å². The molecule has 36 heavy (non-hydrogen) atoms. The summed E-state index contributed by atoms with van der Waals surface area (Å²) in [6.45, 7) is 2.87. The van der Waals surface area contributed by atoms with Crippen LogP contribution in [-0.2, 0) is 16.6 Å². The number of aromatic nitrogens is 6. The van der Waals surface area contributed by atoms with Crippen LogP contribution in [0.2, 0.25) is 0 Å². The van der Waals surface area contributed by atoms with Crippen molar-refractivity contribution in [3.05, 3.63) is 73.3 Å². The molecule has 4 heterocycles. The SMILES string of the molecule is CCCNc1nccc(-c2cn(CC#N)nc2-c2cnc3c(ccn3S(=O)(=O)c3ccccc3)c2)n1. The van der Waals surface area contributed by atoms with E-state index in [0.29, 0.717) is 39.5 Å². The summed E-state index contributed by atoms with van der Waals surface area (Å²) in [5.41, 5.74) is 2.93. The van der Waals surface area contributed by atoms with Crippen molar-refractivity contribution >= 4 is 27.0 Å². The van der Waals surface area contributed by atoms with Gasteiger partial charge in [-0.05, 0) is 36.8 Å². The van der Waals surface area contributed by atoms with Crippen LogP contribution in [0.1, 0.15) is 13.3 Å². The smallest absolute Gasteiger partial charge is 0.269 e. The summed E-state index contributed by atoms with van der Waals surface area (Å²) < 4.78 is 29.0. The zero-order valence-electron chi connectivity index (χ0n) is 19.4. The van der Waals surface area contributed by atoms with E-state index in [1.807, 2.05) is 6.07 Å². The molecule has 0 aliphatic rings. The molecule has 0 bridgehead atoms. The van der Waals surface area contributed by atoms with E-state index in [1.165, 1.54) is 10.2 Å². The van der Waals surface area contributed by atoms with E-state index in [2.05, 4.69) is 38.4 Å². The van der Waals surface area contributed by atoms with E-state index >= 15 is 0 Å². The molecule has 0 spiro atoms. The Morgan fingerprint density at radius 2 is 1.94 bits per heavy atom. The number of anilines is 1. The fraction of sp³-hybridized carbons (Fsp3) is 0.160. The number of nitrogens with zero attached hydrogens (tertiary/aromatic N) is 7. The maximum atomic E-state index is 13.1. The van der Waals surface area contributed by atoms with E-state index in [4.69, 9.17) is 0 Å². The monoisotopic (exact) mass is 498 g/mol. The molecule has 10 nitrogen and oxygen atoms in total. The molecule has 180 valence electrons. The van der Waals surface area contributed by atoms with Gasteiger partial charge in [0.2, 0.25) is 5.95 Å². The van der Waals surface area contributed by atoms with Gasteiger partial charge in [0.25, 0.3) is 10.0 Å². The second-order valence-corrected chi connectivity index (χ2v) is 9.82. The van der Waals surface area contributed by atoms with E-state index in [0.717, 1.165) is 13.0 Å². The highest BCUT2D eigenvalue weighted by Gasteiger charge is 2.21. The third-order valence-corrected chi connectivity index (χ3v) is 7.21. The summed E-state index contributed by atoms with van der Waals surface area (Å²) in [7, 11) is -3.79. The number of nitrogens with one attached hydrogen (secondary N) is 1. The molecule has 0 radical (unpaired) electrons. The quantitative estimate of drug-likeness (QED) is 0.340. The summed E-state index contributed by atoms with van der Waals surface area (Å²) in [4.78, 5) is 13.5. The average molecular weight is 499 g/mol. The first-order valence-electron chi connectivity index (χ1n) is 11.3. The summed E-state index contributed by atoms with van der Waals surface area (Å²) in [5.74, 6) is 0.505. The average Bonchev–Trinajstić information content (AvgIpc) is 3.53. The number of hydrogen-bond donors (Lipinski definition) is 1. The van der Waals surface area contributed by atoms with Crippen molar-refractivity contribution in [2.45, 2.75) is 24.8 Å². The molecule has 5 rings (SSSR count). The van der Waals surface area contributed by atoms with Crippen LogP contribution in [0.3, 0.4) is 0 Å². The number of benzene rings is 1. The van der Waals surface area contributed by atoms with E-state index in [9.17, 15) is 13.7 Å². The van der Waals surface area contributed by atoms with E-state index in [1.54, 1.807) is 65.7 Å². The zero-order chi connectivity index (χ0) is 25.1. The first-order valence-corrected chi connectivity index (χ1v) is 12.7. The van der Waals surface area contributed by atoms with Crippen molar-refractivity contribution in [1.82, 2.24) is 28.7 Å². The highest BCUT2D eigenvalue weighted by Crippen LogP contribution is 2.32. The lowest BCUT2D eigenvalue weighted by Gasteiger charge is -2.08. The lowest BCUT2D eigenvalue weighted by atomic mass is 10.1. The zero-order valence-corrected chi connectivity index (χ0v) is 20.2. The Hall–Kier alpha value is -4.56. The molecule has 0 saturated heterocycles. The van der Waals surface area contributed by atoms with Gasteiger partial charge in [-0.25, -0.2) is 27.3 Å². The Morgan fingerprint density at radius 3 is 2.72 bits per heavy atom. The predicted molar refractivity (Wildman–Crippen MR) is 135 cm³/mol. The van der Waals surface area contributed by atoms with Crippen LogP contribution >= 0.6 is 0 Å². The van der Waals surface area contributed by atoms with E-state index < -0.39 is 10.0 Å². The molecule has 11 heteroatoms. The maximum absolute atomic E-state index is 13.1. The van der Waals surface area contributed by atoms with Gasteiger partial charge in [0.15, 0.2) is 5.65 Å². The molecule has 1 N–H and O–H groups in total. The summed E-state index contributed by atoms with van der Waals surface area (Å²) >= 11 is 0. The molecule has 5 aromatic rings. The lowest BCUT2D eigenvalue weighted by molar-refractivity contribution is 0.589. The maximum Gasteiger partial charge on any atom is 0.269 e. The van der Waals surface area contributed by atoms with Crippen LogP contribution in [0.25, 0.3) is 33.5 Å². The molecule has 0 atom stereocenters. The molecule has 0 aliphatic heterocycles. The summed E-state index contributed by atoms with van der Waals surface area (Å²) in [5, 5.41) is 17.6. The van der Waals surface area contributed by atoms with Gasteiger partial charge in [-0.3, -0.25) is 4.68 Å². The Labute approximate surface area is 207 Å². The van der Waals surface area contributed by atoms with Crippen molar-refractivity contribution in [2.24, 2.45) is 0 Å². The number of fused-ring (bicyclic) bond motifs is 1. The topological polar surface area (TPSA) is 131 Å². The van der Waals surface area contributed by atoms with Gasteiger partial charge in [0.05, 0.1) is 16.7 Å². The fourth-order valence-corrected chi connectivity index (χ4v) is 5.17. The Balaban J connectivity index is 1.59. The largest absolute Gasteiger partial charge is 0.354 e. The minimum absolute atomic E-state index is 0.0698. The van der Waals surface area contributed by atoms with Crippen molar-refractivity contribution in [2.75, 3.05) is 11.9 Å². The van der Waals surface area contributed by atoms with Crippen LogP contribution in [-0.4, -0.2) is 43.7 Å². The molecule has 0 fully saturated rings. The van der Waals surface area contributed by atoms with Crippen LogP contribution in [0.4, 0.5) is 5.95 Å². The van der Waals surface area contributed by atoms with Gasteiger partial charge in [-0.2, -0.15) is 10.4 Å². The third-order valence-electron chi connectivity index (χ3n) is 5.53. The Kier molecular flexibility index (Phi) is 6.18. The molecule has 0 amide bonds. The highest BCUT2D eigenvalue weighted by atomic mass is 32.2. The van der Waals surface area contributed by atoms with Crippen LogP contribution in [0.15, 0.2) is 78.2 Å². The Bertz CT molecular complexity index is 1680. The normalized spacial score (nSPS) is 11.4. The molecule has 0 aliphatic carbocycles. The standard InChI is InChI=1S/C25H22N8O2S/c1-2-11-27-25-28-12-8-22(30-25)21-17-32(14-10-26)31-23(21)19-15-18-9-13-33(24(18)29-16-19)36(34,35)20-6-4-3-5-7-20/h3-9,12-13,15-17H,2,11,14H2,1H3,(H,27,28,30). The molecular formula is C25H22N8O2S. The second-order valence-electron chi connectivity index (χ2n) is 8.01. The number of nitriles is 1. The minimum atomic E-state index is -3.79. The molecule has 0 unspecified atom stereocenters. The molecule has 1 aromatic carbocycles. The predicted octanol–water partition coefficient (Wildman–Crippen LogP) is 3.94. The van der Waals surface area contributed by atoms with Crippen molar-refractivity contribution in [3.8, 4) is 28.6 Å². The van der Waals surface area contributed by atoms with Gasteiger partial charge in [0.1, 0.15) is 12.2 Å². The minimum Gasteiger partial charge on any atom is -0.354 e. The van der Waals surface area contributed by atoms with Gasteiger partial charge in [0, 0.05) is 47.8 Å². The third kappa shape index (κ3) is 4.30. The summed E-state index contributed by atoms with van der Waals surface area (Å²) in [6, 6.07) is 15.6. The molecular weight excluding hydrogens is 476 g/mol. The molecule has 0 saturated carbocycles. The number of pyridine rings is 1.